The Balaban J connectivity index is 1.58. The number of aromatic nitrogens is 3. The highest BCUT2D eigenvalue weighted by Gasteiger charge is 2.45. The van der Waals surface area contributed by atoms with Crippen molar-refractivity contribution in [1.29, 1.82) is 0 Å². The number of guanidine groups is 1. The van der Waals surface area contributed by atoms with Crippen LogP contribution in [-0.4, -0.2) is 34.3 Å². The molecule has 0 saturated heterocycles. The van der Waals surface area contributed by atoms with Crippen LogP contribution in [0.5, 0.6) is 0 Å². The van der Waals surface area contributed by atoms with Crippen molar-refractivity contribution >= 4 is 5.96 Å². The van der Waals surface area contributed by atoms with Crippen LogP contribution < -0.4 is 10.6 Å². The number of nitrogens with zero attached hydrogens (tertiary/aromatic N) is 4. The molecule has 0 radical (unpaired) electrons. The van der Waals surface area contributed by atoms with Gasteiger partial charge in [0.1, 0.15) is 18.0 Å². The first-order valence-corrected chi connectivity index (χ1v) is 7.67. The summed E-state index contributed by atoms with van der Waals surface area (Å²) >= 11 is 0. The minimum Gasteiger partial charge on any atom is -0.356 e. The highest BCUT2D eigenvalue weighted by Crippen LogP contribution is 2.48. The SMILES string of the molecule is CN=C(NCc1ncnn1C)NCC1(c2ccccc2F)CC1. The van der Waals surface area contributed by atoms with Gasteiger partial charge in [-0.25, -0.2) is 9.37 Å². The molecule has 1 heterocycles. The molecule has 1 aromatic carbocycles. The van der Waals surface area contributed by atoms with Gasteiger partial charge in [0.2, 0.25) is 0 Å². The summed E-state index contributed by atoms with van der Waals surface area (Å²) < 4.78 is 15.7. The van der Waals surface area contributed by atoms with Gasteiger partial charge in [0.25, 0.3) is 0 Å². The number of hydrogen-bond donors (Lipinski definition) is 2. The zero-order valence-corrected chi connectivity index (χ0v) is 13.4. The zero-order chi connectivity index (χ0) is 16.3. The molecular weight excluding hydrogens is 295 g/mol. The lowest BCUT2D eigenvalue weighted by atomic mass is 9.95. The molecule has 0 aliphatic heterocycles. The van der Waals surface area contributed by atoms with Crippen molar-refractivity contribution in [2.75, 3.05) is 13.6 Å². The third-order valence-corrected chi connectivity index (χ3v) is 4.34. The number of rotatable bonds is 5. The third kappa shape index (κ3) is 3.33. The highest BCUT2D eigenvalue weighted by molar-refractivity contribution is 5.79. The van der Waals surface area contributed by atoms with Crippen LogP contribution in [0.4, 0.5) is 4.39 Å². The summed E-state index contributed by atoms with van der Waals surface area (Å²) in [7, 11) is 3.56. The molecule has 1 aromatic heterocycles. The molecule has 122 valence electrons. The number of benzene rings is 1. The molecule has 1 aliphatic carbocycles. The van der Waals surface area contributed by atoms with Gasteiger partial charge < -0.3 is 10.6 Å². The van der Waals surface area contributed by atoms with Gasteiger partial charge in [-0.1, -0.05) is 18.2 Å². The topological polar surface area (TPSA) is 67.1 Å². The number of hydrogen-bond acceptors (Lipinski definition) is 3. The predicted molar refractivity (Wildman–Crippen MR) is 86.5 cm³/mol. The molecule has 0 unspecified atom stereocenters. The number of halogens is 1. The molecule has 2 aromatic rings. The van der Waals surface area contributed by atoms with Crippen LogP contribution in [0.15, 0.2) is 35.6 Å². The van der Waals surface area contributed by atoms with E-state index in [-0.39, 0.29) is 11.2 Å². The van der Waals surface area contributed by atoms with E-state index < -0.39 is 0 Å². The smallest absolute Gasteiger partial charge is 0.191 e. The first kappa shape index (κ1) is 15.5. The number of nitrogens with one attached hydrogen (secondary N) is 2. The summed E-state index contributed by atoms with van der Waals surface area (Å²) in [6.45, 7) is 1.19. The van der Waals surface area contributed by atoms with Gasteiger partial charge in [-0.3, -0.25) is 9.67 Å². The summed E-state index contributed by atoms with van der Waals surface area (Å²) in [5.74, 6) is 1.37. The Bertz CT molecular complexity index is 704. The average molecular weight is 316 g/mol. The maximum Gasteiger partial charge on any atom is 0.191 e. The standard InChI is InChI=1S/C16H21FN6/c1-18-15(19-9-14-21-11-22-23(14)2)20-10-16(7-8-16)12-5-3-4-6-13(12)17/h3-6,11H,7-10H2,1-2H3,(H2,18,19,20). The van der Waals surface area contributed by atoms with Crippen LogP contribution in [0.1, 0.15) is 24.2 Å². The quantitative estimate of drug-likeness (QED) is 0.645. The lowest BCUT2D eigenvalue weighted by Crippen LogP contribution is -2.41. The molecule has 6 nitrogen and oxygen atoms in total. The lowest BCUT2D eigenvalue weighted by molar-refractivity contribution is 0.559. The van der Waals surface area contributed by atoms with Crippen molar-refractivity contribution in [3.05, 3.63) is 47.8 Å². The molecule has 1 saturated carbocycles. The molecule has 1 aliphatic rings. The Hall–Kier alpha value is -2.44. The van der Waals surface area contributed by atoms with Gasteiger partial charge in [0, 0.05) is 26.1 Å². The summed E-state index contributed by atoms with van der Waals surface area (Å²) in [4.78, 5) is 8.37. The van der Waals surface area contributed by atoms with Crippen LogP contribution in [0.2, 0.25) is 0 Å². The lowest BCUT2D eigenvalue weighted by Gasteiger charge is -2.19. The maximum atomic E-state index is 14.0. The number of aliphatic imine (C=N–C) groups is 1. The maximum absolute atomic E-state index is 14.0. The van der Waals surface area contributed by atoms with Crippen LogP contribution in [0.25, 0.3) is 0 Å². The normalized spacial score (nSPS) is 16.2. The highest BCUT2D eigenvalue weighted by atomic mass is 19.1. The molecular formula is C16H21FN6. The molecule has 23 heavy (non-hydrogen) atoms. The Morgan fingerprint density at radius 3 is 2.74 bits per heavy atom. The summed E-state index contributed by atoms with van der Waals surface area (Å²) in [6.07, 6.45) is 3.49. The van der Waals surface area contributed by atoms with Crippen LogP contribution in [-0.2, 0) is 19.0 Å². The van der Waals surface area contributed by atoms with Gasteiger partial charge in [-0.15, -0.1) is 0 Å². The van der Waals surface area contributed by atoms with E-state index in [1.807, 2.05) is 19.2 Å². The summed E-state index contributed by atoms with van der Waals surface area (Å²) in [6, 6.07) is 7.01. The van der Waals surface area contributed by atoms with Gasteiger partial charge >= 0.3 is 0 Å². The largest absolute Gasteiger partial charge is 0.356 e. The molecule has 0 bridgehead atoms. The van der Waals surface area contributed by atoms with Crippen LogP contribution >= 0.6 is 0 Å². The molecule has 0 spiro atoms. The van der Waals surface area contributed by atoms with Crippen molar-refractivity contribution < 1.29 is 4.39 Å². The molecule has 0 atom stereocenters. The van der Waals surface area contributed by atoms with E-state index in [0.29, 0.717) is 19.0 Å². The van der Waals surface area contributed by atoms with Crippen LogP contribution in [0, 0.1) is 5.82 Å². The monoisotopic (exact) mass is 316 g/mol. The van der Waals surface area contributed by atoms with Crippen LogP contribution in [0.3, 0.4) is 0 Å². The fraction of sp³-hybridized carbons (Fsp3) is 0.438. The van der Waals surface area contributed by atoms with Crippen molar-refractivity contribution in [3.8, 4) is 0 Å². The van der Waals surface area contributed by atoms with Crippen molar-refractivity contribution in [3.63, 3.8) is 0 Å². The fourth-order valence-corrected chi connectivity index (χ4v) is 2.70. The first-order chi connectivity index (χ1) is 11.1. The second-order valence-corrected chi connectivity index (χ2v) is 5.84. The zero-order valence-electron chi connectivity index (χ0n) is 13.4. The van der Waals surface area contributed by atoms with Crippen molar-refractivity contribution in [2.45, 2.75) is 24.8 Å². The molecule has 2 N–H and O–H groups in total. The van der Waals surface area contributed by atoms with E-state index in [2.05, 4.69) is 25.7 Å². The minimum atomic E-state index is -0.131. The molecule has 3 rings (SSSR count). The van der Waals surface area contributed by atoms with Gasteiger partial charge in [0.05, 0.1) is 6.54 Å². The van der Waals surface area contributed by atoms with Gasteiger partial charge in [-0.05, 0) is 24.5 Å². The predicted octanol–water partition coefficient (Wildman–Crippen LogP) is 1.35. The van der Waals surface area contributed by atoms with E-state index >= 15 is 0 Å². The van der Waals surface area contributed by atoms with Crippen molar-refractivity contribution in [1.82, 2.24) is 25.4 Å². The average Bonchev–Trinajstić information content (AvgIpc) is 3.23. The second-order valence-electron chi connectivity index (χ2n) is 5.84. The Labute approximate surface area is 134 Å². The van der Waals surface area contributed by atoms with E-state index in [9.17, 15) is 4.39 Å². The van der Waals surface area contributed by atoms with E-state index in [0.717, 1.165) is 24.2 Å². The van der Waals surface area contributed by atoms with E-state index in [4.69, 9.17) is 0 Å². The van der Waals surface area contributed by atoms with E-state index in [1.165, 1.54) is 12.4 Å². The van der Waals surface area contributed by atoms with Crippen molar-refractivity contribution in [2.24, 2.45) is 12.0 Å². The second kappa shape index (κ2) is 6.36. The Morgan fingerprint density at radius 1 is 1.35 bits per heavy atom. The Morgan fingerprint density at radius 2 is 2.13 bits per heavy atom. The summed E-state index contributed by atoms with van der Waals surface area (Å²) in [5, 5.41) is 10.5. The fourth-order valence-electron chi connectivity index (χ4n) is 2.70. The third-order valence-electron chi connectivity index (χ3n) is 4.34. The summed E-state index contributed by atoms with van der Waals surface area (Å²) in [5.41, 5.74) is 0.671. The molecule has 0 amide bonds. The van der Waals surface area contributed by atoms with Gasteiger partial charge in [0.15, 0.2) is 5.96 Å². The molecule has 1 fully saturated rings. The number of aryl methyl sites for hydroxylation is 1. The molecule has 7 heteroatoms. The minimum absolute atomic E-state index is 0.117. The Kier molecular flexibility index (Phi) is 4.27. The van der Waals surface area contributed by atoms with Gasteiger partial charge in [-0.2, -0.15) is 5.10 Å². The first-order valence-electron chi connectivity index (χ1n) is 7.67. The van der Waals surface area contributed by atoms with E-state index in [1.54, 1.807) is 17.8 Å².